The number of hydrogen-bond donors (Lipinski definition) is 2. The average molecular weight is 544 g/mol. The average Bonchev–Trinajstić information content (AvgIpc) is 3.25. The lowest BCUT2D eigenvalue weighted by atomic mass is 10.0. The lowest BCUT2D eigenvalue weighted by Crippen LogP contribution is -2.47. The van der Waals surface area contributed by atoms with Crippen molar-refractivity contribution < 1.29 is 22.4 Å². The summed E-state index contributed by atoms with van der Waals surface area (Å²) in [6.45, 7) is 0.912. The quantitative estimate of drug-likeness (QED) is 0.340. The smallest absolute Gasteiger partial charge is 0.240 e. The number of nitrogens with zero attached hydrogens (tertiary/aromatic N) is 3. The van der Waals surface area contributed by atoms with Gasteiger partial charge in [-0.1, -0.05) is 6.07 Å². The van der Waals surface area contributed by atoms with Crippen molar-refractivity contribution in [3.05, 3.63) is 101 Å². The van der Waals surface area contributed by atoms with Gasteiger partial charge < -0.3 is 20.5 Å². The highest BCUT2D eigenvalue weighted by Gasteiger charge is 2.29. The Morgan fingerprint density at radius 1 is 0.921 bits per heavy atom. The Kier molecular flexibility index (Phi) is 8.08. The maximum Gasteiger partial charge on any atom is 0.240 e. The normalized spacial score (nSPS) is 13.4. The van der Waals surface area contributed by atoms with Crippen molar-refractivity contribution in [1.82, 2.24) is 14.5 Å². The highest BCUT2D eigenvalue weighted by atomic mass is 32.1. The number of carbonyl (C=O) groups excluding carboxylic acids is 1. The molecule has 4 aromatic rings. The standard InChI is InChI=1S/C27H23F4N5O.H2S/c28-18-4-2-17(3-5-18)25-26(33-20-8-6-19(29)7-9-20)36-12-11-35(15-24(36)34-25)27(37)23(32)14-16-1-10-21(30)22(31)13-16;/h1-10,13,23,33H,11-12,14-15,32H2;1H2/t23-;/m0./s1. The van der Waals surface area contributed by atoms with Crippen LogP contribution in [-0.2, 0) is 24.3 Å². The number of hydrogen-bond acceptors (Lipinski definition) is 4. The second-order valence-corrected chi connectivity index (χ2v) is 8.83. The van der Waals surface area contributed by atoms with Crippen LogP contribution in [-0.4, -0.2) is 32.9 Å². The number of anilines is 2. The molecule has 0 spiro atoms. The molecule has 198 valence electrons. The Bertz CT molecular complexity index is 1440. The molecule has 1 aliphatic rings. The first-order valence-electron chi connectivity index (χ1n) is 11.6. The molecule has 3 aromatic carbocycles. The molecule has 2 heterocycles. The summed E-state index contributed by atoms with van der Waals surface area (Å²) in [7, 11) is 0. The Balaban J connectivity index is 0.00000336. The minimum Gasteiger partial charge on any atom is -0.340 e. The van der Waals surface area contributed by atoms with Crippen LogP contribution in [0.1, 0.15) is 11.4 Å². The van der Waals surface area contributed by atoms with Crippen molar-refractivity contribution in [2.24, 2.45) is 5.73 Å². The van der Waals surface area contributed by atoms with E-state index in [1.807, 2.05) is 4.57 Å². The first-order chi connectivity index (χ1) is 17.8. The van der Waals surface area contributed by atoms with Crippen LogP contribution >= 0.6 is 13.5 Å². The number of carbonyl (C=O) groups is 1. The van der Waals surface area contributed by atoms with E-state index in [-0.39, 0.29) is 44.0 Å². The third-order valence-electron chi connectivity index (χ3n) is 6.27. The maximum absolute atomic E-state index is 13.6. The molecule has 5 rings (SSSR count). The molecular weight excluding hydrogens is 518 g/mol. The molecule has 0 fully saturated rings. The van der Waals surface area contributed by atoms with Crippen molar-refractivity contribution in [3.63, 3.8) is 0 Å². The Morgan fingerprint density at radius 2 is 1.58 bits per heavy atom. The summed E-state index contributed by atoms with van der Waals surface area (Å²) < 4.78 is 55.7. The van der Waals surface area contributed by atoms with Crippen LogP contribution in [0.15, 0.2) is 66.7 Å². The van der Waals surface area contributed by atoms with Gasteiger partial charge in [-0.15, -0.1) is 0 Å². The summed E-state index contributed by atoms with van der Waals surface area (Å²) in [5.41, 5.74) is 8.41. The first kappa shape index (κ1) is 27.2. The third-order valence-corrected chi connectivity index (χ3v) is 6.27. The number of nitrogens with one attached hydrogen (secondary N) is 1. The Labute approximate surface area is 223 Å². The second kappa shape index (κ2) is 11.3. The zero-order valence-corrected chi connectivity index (χ0v) is 21.1. The van der Waals surface area contributed by atoms with Crippen molar-refractivity contribution in [1.29, 1.82) is 0 Å². The maximum atomic E-state index is 13.6. The summed E-state index contributed by atoms with van der Waals surface area (Å²) in [4.78, 5) is 19.4. The SMILES string of the molecule is N[C@@H](Cc1ccc(F)c(F)c1)C(=O)N1CCn2c(nc(-c3ccc(F)cc3)c2Nc2ccc(F)cc2)C1.S. The van der Waals surface area contributed by atoms with Gasteiger partial charge in [0.1, 0.15) is 29.0 Å². The summed E-state index contributed by atoms with van der Waals surface area (Å²) in [5.74, 6) is -1.83. The van der Waals surface area contributed by atoms with E-state index < -0.39 is 17.7 Å². The van der Waals surface area contributed by atoms with Crippen molar-refractivity contribution in [3.8, 4) is 11.3 Å². The van der Waals surface area contributed by atoms with E-state index in [2.05, 4.69) is 5.32 Å². The molecule has 0 saturated heterocycles. The largest absolute Gasteiger partial charge is 0.340 e. The van der Waals surface area contributed by atoms with Crippen LogP contribution in [0.3, 0.4) is 0 Å². The fraction of sp³-hybridized carbons (Fsp3) is 0.185. The molecular formula is C27H25F4N5OS. The molecule has 3 N–H and O–H groups in total. The van der Waals surface area contributed by atoms with Crippen LogP contribution in [0.2, 0.25) is 0 Å². The van der Waals surface area contributed by atoms with E-state index in [0.717, 1.165) is 12.1 Å². The van der Waals surface area contributed by atoms with E-state index in [1.54, 1.807) is 29.2 Å². The van der Waals surface area contributed by atoms with Crippen molar-refractivity contribution >= 4 is 30.9 Å². The predicted molar refractivity (Wildman–Crippen MR) is 141 cm³/mol. The molecule has 1 aromatic heterocycles. The number of rotatable bonds is 6. The number of nitrogens with two attached hydrogens (primary N) is 1. The van der Waals surface area contributed by atoms with Gasteiger partial charge in [0.2, 0.25) is 5.91 Å². The van der Waals surface area contributed by atoms with Gasteiger partial charge in [0.15, 0.2) is 11.6 Å². The highest BCUT2D eigenvalue weighted by molar-refractivity contribution is 7.59. The van der Waals surface area contributed by atoms with Crippen LogP contribution < -0.4 is 11.1 Å². The van der Waals surface area contributed by atoms with E-state index in [0.29, 0.717) is 47.2 Å². The minimum atomic E-state index is -0.994. The molecule has 0 unspecified atom stereocenters. The summed E-state index contributed by atoms with van der Waals surface area (Å²) in [6, 6.07) is 14.3. The Morgan fingerprint density at radius 3 is 2.24 bits per heavy atom. The van der Waals surface area contributed by atoms with Crippen LogP contribution in [0.4, 0.5) is 29.1 Å². The molecule has 0 aliphatic carbocycles. The van der Waals surface area contributed by atoms with Gasteiger partial charge in [-0.05, 0) is 72.6 Å². The topological polar surface area (TPSA) is 76.2 Å². The highest BCUT2D eigenvalue weighted by Crippen LogP contribution is 2.33. The molecule has 1 amide bonds. The molecule has 0 saturated carbocycles. The van der Waals surface area contributed by atoms with E-state index in [4.69, 9.17) is 10.7 Å². The molecule has 11 heteroatoms. The second-order valence-electron chi connectivity index (χ2n) is 8.83. The monoisotopic (exact) mass is 543 g/mol. The number of aromatic nitrogens is 2. The molecule has 1 atom stereocenters. The zero-order valence-electron chi connectivity index (χ0n) is 20.1. The molecule has 0 radical (unpaired) electrons. The predicted octanol–water partition coefficient (Wildman–Crippen LogP) is 4.88. The Hall–Kier alpha value is -3.83. The van der Waals surface area contributed by atoms with E-state index in [9.17, 15) is 22.4 Å². The van der Waals surface area contributed by atoms with Gasteiger partial charge in [0.25, 0.3) is 0 Å². The molecule has 6 nitrogen and oxygen atoms in total. The molecule has 0 bridgehead atoms. The minimum absolute atomic E-state index is 0. The first-order valence-corrected chi connectivity index (χ1v) is 11.6. The van der Waals surface area contributed by atoms with E-state index in [1.165, 1.54) is 30.3 Å². The molecule has 38 heavy (non-hydrogen) atoms. The van der Waals surface area contributed by atoms with Crippen LogP contribution in [0.5, 0.6) is 0 Å². The van der Waals surface area contributed by atoms with Gasteiger partial charge in [-0.3, -0.25) is 4.79 Å². The number of benzene rings is 3. The summed E-state index contributed by atoms with van der Waals surface area (Å²) in [5, 5.41) is 3.28. The zero-order chi connectivity index (χ0) is 26.1. The number of amides is 1. The summed E-state index contributed by atoms with van der Waals surface area (Å²) >= 11 is 0. The van der Waals surface area contributed by atoms with Gasteiger partial charge >= 0.3 is 0 Å². The van der Waals surface area contributed by atoms with Crippen molar-refractivity contribution in [2.45, 2.75) is 25.6 Å². The van der Waals surface area contributed by atoms with E-state index >= 15 is 0 Å². The van der Waals surface area contributed by atoms with Crippen molar-refractivity contribution in [2.75, 3.05) is 11.9 Å². The molecule has 1 aliphatic heterocycles. The lowest BCUT2D eigenvalue weighted by Gasteiger charge is -2.30. The lowest BCUT2D eigenvalue weighted by molar-refractivity contribution is -0.134. The third kappa shape index (κ3) is 5.68. The number of fused-ring (bicyclic) bond motifs is 1. The summed E-state index contributed by atoms with van der Waals surface area (Å²) in [6.07, 6.45) is 0.0547. The van der Waals surface area contributed by atoms with Crippen LogP contribution in [0, 0.1) is 23.3 Å². The number of halogens is 4. The fourth-order valence-corrected chi connectivity index (χ4v) is 4.37. The fourth-order valence-electron chi connectivity index (χ4n) is 4.37. The van der Waals surface area contributed by atoms with Crippen LogP contribution in [0.25, 0.3) is 11.3 Å². The van der Waals surface area contributed by atoms with Gasteiger partial charge in [-0.25, -0.2) is 22.5 Å². The van der Waals surface area contributed by atoms with Gasteiger partial charge in [0, 0.05) is 24.3 Å². The number of imidazole rings is 1. The van der Waals surface area contributed by atoms with Gasteiger partial charge in [0.05, 0.1) is 12.6 Å². The van der Waals surface area contributed by atoms with Gasteiger partial charge in [-0.2, -0.15) is 13.5 Å².